The van der Waals surface area contributed by atoms with Crippen molar-refractivity contribution < 1.29 is 4.74 Å². The molecule has 0 heterocycles. The first-order valence-electron chi connectivity index (χ1n) is 6.94. The van der Waals surface area contributed by atoms with E-state index in [1.165, 1.54) is 25.7 Å². The van der Waals surface area contributed by atoms with E-state index in [9.17, 15) is 0 Å². The predicted molar refractivity (Wildman–Crippen MR) is 77.1 cm³/mol. The molecule has 18 heavy (non-hydrogen) atoms. The smallest absolute Gasteiger partial charge is 0.123 e. The highest BCUT2D eigenvalue weighted by Crippen LogP contribution is 2.33. The molecule has 0 unspecified atom stereocenters. The quantitative estimate of drug-likeness (QED) is 0.572. The second kappa shape index (κ2) is 5.98. The Hall–Kier alpha value is -1.38. The van der Waals surface area contributed by atoms with E-state index >= 15 is 0 Å². The summed E-state index contributed by atoms with van der Waals surface area (Å²) in [7, 11) is 0. The molecular weight excluding hydrogens is 224 g/mol. The van der Waals surface area contributed by atoms with Crippen LogP contribution < -0.4 is 15.8 Å². The summed E-state index contributed by atoms with van der Waals surface area (Å²) in [6.45, 7) is 5.05. The molecule has 0 radical (unpaired) electrons. The summed E-state index contributed by atoms with van der Waals surface area (Å²) in [6.07, 6.45) is 5.63. The molecule has 3 nitrogen and oxygen atoms in total. The van der Waals surface area contributed by atoms with Gasteiger partial charge in [-0.2, -0.15) is 0 Å². The third-order valence-corrected chi connectivity index (χ3v) is 3.12. The van der Waals surface area contributed by atoms with Crippen molar-refractivity contribution in [2.75, 3.05) is 17.6 Å². The van der Waals surface area contributed by atoms with Crippen molar-refractivity contribution in [3.8, 4) is 5.75 Å². The van der Waals surface area contributed by atoms with Crippen LogP contribution in [0.15, 0.2) is 18.2 Å². The fourth-order valence-electron chi connectivity index (χ4n) is 2.09. The Balaban J connectivity index is 1.83. The second-order valence-corrected chi connectivity index (χ2v) is 5.47. The van der Waals surface area contributed by atoms with Crippen LogP contribution in [0.25, 0.3) is 0 Å². The molecule has 2 rings (SSSR count). The summed E-state index contributed by atoms with van der Waals surface area (Å²) in [6, 6.07) is 5.85. The van der Waals surface area contributed by atoms with Crippen LogP contribution in [0, 0.1) is 5.92 Å². The first kappa shape index (κ1) is 13.1. The zero-order chi connectivity index (χ0) is 13.0. The van der Waals surface area contributed by atoms with Crippen molar-refractivity contribution in [2.24, 2.45) is 5.92 Å². The second-order valence-electron chi connectivity index (χ2n) is 5.47. The lowest BCUT2D eigenvalue weighted by Gasteiger charge is -2.13. The van der Waals surface area contributed by atoms with Crippen LogP contribution in [0.2, 0.25) is 0 Å². The van der Waals surface area contributed by atoms with Gasteiger partial charge in [0.25, 0.3) is 0 Å². The largest absolute Gasteiger partial charge is 0.491 e. The van der Waals surface area contributed by atoms with Gasteiger partial charge in [0.1, 0.15) is 5.75 Å². The molecule has 0 saturated heterocycles. The van der Waals surface area contributed by atoms with Crippen molar-refractivity contribution in [3.63, 3.8) is 0 Å². The minimum absolute atomic E-state index is 0.175. The third kappa shape index (κ3) is 4.47. The van der Waals surface area contributed by atoms with Gasteiger partial charge in [-0.25, -0.2) is 0 Å². The van der Waals surface area contributed by atoms with Crippen LogP contribution >= 0.6 is 0 Å². The van der Waals surface area contributed by atoms with E-state index in [-0.39, 0.29) is 6.10 Å². The van der Waals surface area contributed by atoms with Crippen LogP contribution in [0.3, 0.4) is 0 Å². The van der Waals surface area contributed by atoms with Crippen molar-refractivity contribution in [1.82, 2.24) is 0 Å². The zero-order valence-electron chi connectivity index (χ0n) is 11.4. The number of nitrogens with two attached hydrogens (primary N) is 1. The molecule has 0 aromatic heterocycles. The Morgan fingerprint density at radius 3 is 2.78 bits per heavy atom. The van der Waals surface area contributed by atoms with Gasteiger partial charge in [-0.3, -0.25) is 0 Å². The van der Waals surface area contributed by atoms with Crippen molar-refractivity contribution in [1.29, 1.82) is 0 Å². The van der Waals surface area contributed by atoms with E-state index in [0.717, 1.165) is 29.6 Å². The Morgan fingerprint density at radius 1 is 1.33 bits per heavy atom. The standard InChI is InChI=1S/C15H24N2O/c1-11(2)18-15-9-13(16)8-14(10-15)17-7-3-4-12-5-6-12/h8-12,17H,3-7,16H2,1-2H3. The Kier molecular flexibility index (Phi) is 4.34. The van der Waals surface area contributed by atoms with Crippen molar-refractivity contribution in [3.05, 3.63) is 18.2 Å². The Morgan fingerprint density at radius 2 is 2.11 bits per heavy atom. The molecule has 0 spiro atoms. The molecule has 1 saturated carbocycles. The molecule has 0 amide bonds. The summed E-state index contributed by atoms with van der Waals surface area (Å²) in [4.78, 5) is 0. The Bertz CT molecular complexity index is 386. The average Bonchev–Trinajstić information content (AvgIpc) is 3.06. The molecule has 1 aliphatic carbocycles. The topological polar surface area (TPSA) is 47.3 Å². The maximum atomic E-state index is 5.88. The SMILES string of the molecule is CC(C)Oc1cc(N)cc(NCCCC2CC2)c1. The van der Waals surface area contributed by atoms with E-state index in [0.29, 0.717) is 0 Å². The summed E-state index contributed by atoms with van der Waals surface area (Å²) < 4.78 is 5.67. The summed E-state index contributed by atoms with van der Waals surface area (Å²) in [5.74, 6) is 1.85. The molecule has 0 bridgehead atoms. The molecule has 0 atom stereocenters. The first-order valence-corrected chi connectivity index (χ1v) is 6.94. The normalized spacial score (nSPS) is 14.8. The number of nitrogen functional groups attached to an aromatic ring is 1. The lowest BCUT2D eigenvalue weighted by Crippen LogP contribution is -2.07. The van der Waals surface area contributed by atoms with Gasteiger partial charge in [-0.05, 0) is 38.7 Å². The average molecular weight is 248 g/mol. The van der Waals surface area contributed by atoms with Crippen LogP contribution in [0.4, 0.5) is 11.4 Å². The van der Waals surface area contributed by atoms with Gasteiger partial charge in [0.2, 0.25) is 0 Å². The minimum atomic E-state index is 0.175. The van der Waals surface area contributed by atoms with Gasteiger partial charge >= 0.3 is 0 Å². The molecule has 0 aliphatic heterocycles. The van der Waals surface area contributed by atoms with E-state index < -0.39 is 0 Å². The highest BCUT2D eigenvalue weighted by molar-refractivity contribution is 5.59. The maximum Gasteiger partial charge on any atom is 0.123 e. The maximum absolute atomic E-state index is 5.88. The highest BCUT2D eigenvalue weighted by Gasteiger charge is 2.19. The van der Waals surface area contributed by atoms with Gasteiger partial charge in [0.15, 0.2) is 0 Å². The fraction of sp³-hybridized carbons (Fsp3) is 0.600. The van der Waals surface area contributed by atoms with Gasteiger partial charge in [0, 0.05) is 30.1 Å². The number of nitrogens with one attached hydrogen (secondary N) is 1. The van der Waals surface area contributed by atoms with Gasteiger partial charge in [-0.1, -0.05) is 12.8 Å². The molecule has 1 aliphatic rings. The van der Waals surface area contributed by atoms with Gasteiger partial charge < -0.3 is 15.8 Å². The number of hydrogen-bond acceptors (Lipinski definition) is 3. The summed E-state index contributed by atoms with van der Waals surface area (Å²) >= 11 is 0. The minimum Gasteiger partial charge on any atom is -0.491 e. The van der Waals surface area contributed by atoms with Crippen LogP contribution in [0.5, 0.6) is 5.75 Å². The van der Waals surface area contributed by atoms with Gasteiger partial charge in [0.05, 0.1) is 6.10 Å². The zero-order valence-corrected chi connectivity index (χ0v) is 11.4. The van der Waals surface area contributed by atoms with Gasteiger partial charge in [-0.15, -0.1) is 0 Å². The molecule has 1 aromatic rings. The Labute approximate surface area is 110 Å². The molecule has 1 aromatic carbocycles. The van der Waals surface area contributed by atoms with Crippen molar-refractivity contribution >= 4 is 11.4 Å². The van der Waals surface area contributed by atoms with E-state index in [1.54, 1.807) is 0 Å². The monoisotopic (exact) mass is 248 g/mol. The van der Waals surface area contributed by atoms with E-state index in [1.807, 2.05) is 32.0 Å². The molecule has 1 fully saturated rings. The fourth-order valence-corrected chi connectivity index (χ4v) is 2.09. The summed E-state index contributed by atoms with van der Waals surface area (Å²) in [5, 5.41) is 3.42. The molecule has 3 N–H and O–H groups in total. The molecular formula is C15H24N2O. The number of benzene rings is 1. The van der Waals surface area contributed by atoms with Crippen LogP contribution in [-0.2, 0) is 0 Å². The molecule has 3 heteroatoms. The highest BCUT2D eigenvalue weighted by atomic mass is 16.5. The van der Waals surface area contributed by atoms with Crippen molar-refractivity contribution in [2.45, 2.75) is 45.6 Å². The summed E-state index contributed by atoms with van der Waals surface area (Å²) in [5.41, 5.74) is 7.68. The third-order valence-electron chi connectivity index (χ3n) is 3.12. The van der Waals surface area contributed by atoms with Crippen LogP contribution in [-0.4, -0.2) is 12.6 Å². The number of rotatable bonds is 7. The van der Waals surface area contributed by atoms with E-state index in [4.69, 9.17) is 10.5 Å². The number of anilines is 2. The predicted octanol–water partition coefficient (Wildman–Crippen LogP) is 3.66. The van der Waals surface area contributed by atoms with E-state index in [2.05, 4.69) is 5.32 Å². The first-order chi connectivity index (χ1) is 8.63. The number of hydrogen-bond donors (Lipinski definition) is 2. The number of ether oxygens (including phenoxy) is 1. The lowest BCUT2D eigenvalue weighted by atomic mass is 10.2. The lowest BCUT2D eigenvalue weighted by molar-refractivity contribution is 0.242. The molecule has 100 valence electrons. The van der Waals surface area contributed by atoms with Crippen LogP contribution in [0.1, 0.15) is 39.5 Å².